The Morgan fingerprint density at radius 1 is 1.16 bits per heavy atom. The summed E-state index contributed by atoms with van der Waals surface area (Å²) in [6.45, 7) is 6.65. The smallest absolute Gasteiger partial charge is 0.0897 e. The topological polar surface area (TPSA) is 41.5 Å². The van der Waals surface area contributed by atoms with E-state index in [0.29, 0.717) is 19.2 Å². The van der Waals surface area contributed by atoms with Crippen molar-refractivity contribution in [2.75, 3.05) is 19.8 Å². The summed E-state index contributed by atoms with van der Waals surface area (Å²) >= 11 is 0. The number of nitrogens with one attached hydrogen (secondary N) is 1. The third-order valence-electron chi connectivity index (χ3n) is 4.65. The molecule has 3 nitrogen and oxygen atoms in total. The highest BCUT2D eigenvalue weighted by Crippen LogP contribution is 2.30. The van der Waals surface area contributed by atoms with E-state index in [1.807, 2.05) is 0 Å². The van der Waals surface area contributed by atoms with E-state index in [4.69, 9.17) is 4.74 Å². The molecule has 3 heteroatoms. The van der Waals surface area contributed by atoms with Crippen molar-refractivity contribution in [2.24, 2.45) is 17.8 Å². The van der Waals surface area contributed by atoms with Gasteiger partial charge < -0.3 is 15.2 Å². The summed E-state index contributed by atoms with van der Waals surface area (Å²) in [7, 11) is 0. The van der Waals surface area contributed by atoms with Crippen LogP contribution in [0.5, 0.6) is 0 Å². The molecular formula is C16H31NO2. The Hall–Kier alpha value is -0.120. The lowest BCUT2D eigenvalue weighted by molar-refractivity contribution is 0.0285. The van der Waals surface area contributed by atoms with Crippen LogP contribution in [0.2, 0.25) is 0 Å². The molecule has 0 heterocycles. The van der Waals surface area contributed by atoms with E-state index in [0.717, 1.165) is 24.4 Å². The fraction of sp³-hybridized carbons (Fsp3) is 1.00. The van der Waals surface area contributed by atoms with Crippen LogP contribution >= 0.6 is 0 Å². The highest BCUT2D eigenvalue weighted by atomic mass is 16.5. The predicted molar refractivity (Wildman–Crippen MR) is 78.1 cm³/mol. The van der Waals surface area contributed by atoms with Crippen molar-refractivity contribution in [3.05, 3.63) is 0 Å². The minimum atomic E-state index is -0.353. The predicted octanol–water partition coefficient (Wildman–Crippen LogP) is 2.58. The molecular weight excluding hydrogens is 238 g/mol. The molecule has 3 unspecified atom stereocenters. The molecule has 0 amide bonds. The van der Waals surface area contributed by atoms with Gasteiger partial charge in [-0.1, -0.05) is 26.7 Å². The van der Waals surface area contributed by atoms with Crippen LogP contribution in [0.1, 0.15) is 52.4 Å². The lowest BCUT2D eigenvalue weighted by atomic mass is 9.78. The molecule has 2 rings (SSSR count). The molecule has 0 radical (unpaired) electrons. The van der Waals surface area contributed by atoms with Crippen LogP contribution in [0.25, 0.3) is 0 Å². The van der Waals surface area contributed by atoms with Crippen molar-refractivity contribution >= 4 is 0 Å². The first-order chi connectivity index (χ1) is 9.16. The van der Waals surface area contributed by atoms with E-state index in [1.54, 1.807) is 0 Å². The van der Waals surface area contributed by atoms with E-state index in [-0.39, 0.29) is 6.10 Å². The van der Waals surface area contributed by atoms with Gasteiger partial charge in [0.15, 0.2) is 0 Å². The van der Waals surface area contributed by atoms with Gasteiger partial charge in [-0.05, 0) is 43.4 Å². The SMILES string of the molecule is CC(C)C1CCCCC1NCC(O)COCC1CC1. The third kappa shape index (κ3) is 5.41. The van der Waals surface area contributed by atoms with E-state index in [1.165, 1.54) is 38.5 Å². The molecule has 19 heavy (non-hydrogen) atoms. The summed E-state index contributed by atoms with van der Waals surface area (Å²) in [4.78, 5) is 0. The second-order valence-electron chi connectivity index (χ2n) is 6.84. The highest BCUT2D eigenvalue weighted by molar-refractivity contribution is 4.83. The normalized spacial score (nSPS) is 29.7. The van der Waals surface area contributed by atoms with Crippen molar-refractivity contribution in [1.82, 2.24) is 5.32 Å². The fourth-order valence-corrected chi connectivity index (χ4v) is 3.21. The Morgan fingerprint density at radius 2 is 1.89 bits per heavy atom. The summed E-state index contributed by atoms with van der Waals surface area (Å²) in [5.74, 6) is 2.29. The summed E-state index contributed by atoms with van der Waals surface area (Å²) in [5, 5.41) is 13.5. The van der Waals surface area contributed by atoms with Gasteiger partial charge in [-0.2, -0.15) is 0 Å². The monoisotopic (exact) mass is 269 g/mol. The Morgan fingerprint density at radius 3 is 2.58 bits per heavy atom. The Bertz CT molecular complexity index is 253. The van der Waals surface area contributed by atoms with Crippen LogP contribution in [0.3, 0.4) is 0 Å². The molecule has 2 N–H and O–H groups in total. The molecule has 2 saturated carbocycles. The van der Waals surface area contributed by atoms with E-state index in [2.05, 4.69) is 19.2 Å². The van der Waals surface area contributed by atoms with Crippen LogP contribution in [-0.2, 0) is 4.74 Å². The van der Waals surface area contributed by atoms with Gasteiger partial charge in [0.2, 0.25) is 0 Å². The quantitative estimate of drug-likeness (QED) is 0.711. The Labute approximate surface area is 118 Å². The minimum absolute atomic E-state index is 0.353. The molecule has 0 aromatic rings. The molecule has 0 saturated heterocycles. The van der Waals surface area contributed by atoms with Crippen molar-refractivity contribution in [1.29, 1.82) is 0 Å². The molecule has 0 aliphatic heterocycles. The average Bonchev–Trinajstić information content (AvgIpc) is 3.20. The van der Waals surface area contributed by atoms with Crippen LogP contribution in [0.15, 0.2) is 0 Å². The van der Waals surface area contributed by atoms with Gasteiger partial charge >= 0.3 is 0 Å². The second-order valence-corrected chi connectivity index (χ2v) is 6.84. The second kappa shape index (κ2) is 7.61. The van der Waals surface area contributed by atoms with Crippen LogP contribution in [0.4, 0.5) is 0 Å². The fourth-order valence-electron chi connectivity index (χ4n) is 3.21. The van der Waals surface area contributed by atoms with Gasteiger partial charge in [0.25, 0.3) is 0 Å². The molecule has 2 aliphatic rings. The first kappa shape index (κ1) is 15.3. The number of aliphatic hydroxyl groups is 1. The number of hydrogen-bond donors (Lipinski definition) is 2. The Kier molecular flexibility index (Phi) is 6.11. The van der Waals surface area contributed by atoms with E-state index >= 15 is 0 Å². The number of ether oxygens (including phenoxy) is 1. The molecule has 2 fully saturated rings. The number of rotatable bonds is 8. The molecule has 112 valence electrons. The number of aliphatic hydroxyl groups excluding tert-OH is 1. The van der Waals surface area contributed by atoms with Gasteiger partial charge in [0.1, 0.15) is 0 Å². The van der Waals surface area contributed by atoms with Crippen molar-refractivity contribution in [3.63, 3.8) is 0 Å². The summed E-state index contributed by atoms with van der Waals surface area (Å²) in [6.07, 6.45) is 7.57. The van der Waals surface area contributed by atoms with Crippen molar-refractivity contribution in [3.8, 4) is 0 Å². The average molecular weight is 269 g/mol. The van der Waals surface area contributed by atoms with Gasteiger partial charge in [-0.15, -0.1) is 0 Å². The summed E-state index contributed by atoms with van der Waals surface area (Å²) < 4.78 is 5.54. The standard InChI is InChI=1S/C16H31NO2/c1-12(2)15-5-3-4-6-16(15)17-9-14(18)11-19-10-13-7-8-13/h12-18H,3-11H2,1-2H3. The lowest BCUT2D eigenvalue weighted by Gasteiger charge is -2.35. The highest BCUT2D eigenvalue weighted by Gasteiger charge is 2.27. The zero-order valence-electron chi connectivity index (χ0n) is 12.6. The van der Waals surface area contributed by atoms with Gasteiger partial charge in [-0.25, -0.2) is 0 Å². The Balaban J connectivity index is 1.61. The molecule has 2 aliphatic carbocycles. The lowest BCUT2D eigenvalue weighted by Crippen LogP contribution is -2.44. The van der Waals surface area contributed by atoms with E-state index < -0.39 is 0 Å². The maximum Gasteiger partial charge on any atom is 0.0897 e. The first-order valence-electron chi connectivity index (χ1n) is 8.16. The molecule has 0 spiro atoms. The molecule has 0 bridgehead atoms. The minimum Gasteiger partial charge on any atom is -0.389 e. The largest absolute Gasteiger partial charge is 0.389 e. The summed E-state index contributed by atoms with van der Waals surface area (Å²) in [6, 6.07) is 0.590. The van der Waals surface area contributed by atoms with Crippen molar-refractivity contribution < 1.29 is 9.84 Å². The third-order valence-corrected chi connectivity index (χ3v) is 4.65. The maximum atomic E-state index is 9.95. The zero-order chi connectivity index (χ0) is 13.7. The van der Waals surface area contributed by atoms with Gasteiger partial charge in [-0.3, -0.25) is 0 Å². The zero-order valence-corrected chi connectivity index (χ0v) is 12.6. The van der Waals surface area contributed by atoms with Crippen LogP contribution in [-0.4, -0.2) is 37.0 Å². The maximum absolute atomic E-state index is 9.95. The van der Waals surface area contributed by atoms with Crippen molar-refractivity contribution in [2.45, 2.75) is 64.5 Å². The molecule has 0 aromatic carbocycles. The van der Waals surface area contributed by atoms with Crippen LogP contribution in [0, 0.1) is 17.8 Å². The van der Waals surface area contributed by atoms with Gasteiger partial charge in [0, 0.05) is 19.2 Å². The van der Waals surface area contributed by atoms with Gasteiger partial charge in [0.05, 0.1) is 12.7 Å². The molecule has 3 atom stereocenters. The van der Waals surface area contributed by atoms with E-state index in [9.17, 15) is 5.11 Å². The number of hydrogen-bond acceptors (Lipinski definition) is 3. The first-order valence-corrected chi connectivity index (χ1v) is 8.16. The molecule has 0 aromatic heterocycles. The van der Waals surface area contributed by atoms with Crippen LogP contribution < -0.4 is 5.32 Å². The summed E-state index contributed by atoms with van der Waals surface area (Å²) in [5.41, 5.74) is 0.